The van der Waals surface area contributed by atoms with E-state index in [1.165, 1.54) is 0 Å². The smallest absolute Gasteiger partial charge is 0.228 e. The molecule has 0 radical (unpaired) electrons. The number of aromatic amines is 1. The molecule has 0 fully saturated rings. The molecule has 0 saturated heterocycles. The van der Waals surface area contributed by atoms with Gasteiger partial charge < -0.3 is 15.0 Å². The first-order chi connectivity index (χ1) is 10.7. The van der Waals surface area contributed by atoms with E-state index in [4.69, 9.17) is 4.74 Å². The van der Waals surface area contributed by atoms with Gasteiger partial charge in [0, 0.05) is 5.69 Å². The molecule has 0 spiro atoms. The molecule has 1 aromatic heterocycles. The van der Waals surface area contributed by atoms with Gasteiger partial charge in [0.2, 0.25) is 5.91 Å². The fraction of sp³-hybridized carbons (Fsp3) is 0.176. The number of ether oxygens (including phenoxy) is 1. The largest absolute Gasteiger partial charge is 0.494 e. The van der Waals surface area contributed by atoms with E-state index in [1.807, 2.05) is 49.4 Å². The molecule has 112 valence electrons. The van der Waals surface area contributed by atoms with E-state index in [0.29, 0.717) is 13.0 Å². The van der Waals surface area contributed by atoms with Crippen molar-refractivity contribution in [3.05, 3.63) is 54.4 Å². The van der Waals surface area contributed by atoms with Crippen LogP contribution in [0.5, 0.6) is 5.75 Å². The lowest BCUT2D eigenvalue weighted by Crippen LogP contribution is -2.14. The molecule has 5 nitrogen and oxygen atoms in total. The van der Waals surface area contributed by atoms with Gasteiger partial charge in [-0.15, -0.1) is 0 Å². The Hall–Kier alpha value is -2.82. The van der Waals surface area contributed by atoms with E-state index in [-0.39, 0.29) is 5.91 Å². The first kappa shape index (κ1) is 14.1. The fourth-order valence-corrected chi connectivity index (χ4v) is 2.27. The van der Waals surface area contributed by atoms with Crippen molar-refractivity contribution in [1.82, 2.24) is 9.97 Å². The average molecular weight is 295 g/mol. The number of hydrogen-bond acceptors (Lipinski definition) is 3. The zero-order chi connectivity index (χ0) is 15.4. The minimum Gasteiger partial charge on any atom is -0.494 e. The third-order valence-electron chi connectivity index (χ3n) is 3.30. The topological polar surface area (TPSA) is 67.0 Å². The molecule has 0 aliphatic heterocycles. The first-order valence-electron chi connectivity index (χ1n) is 7.19. The normalized spacial score (nSPS) is 10.6. The zero-order valence-corrected chi connectivity index (χ0v) is 12.3. The minimum absolute atomic E-state index is 0.0528. The Morgan fingerprint density at radius 2 is 2.05 bits per heavy atom. The van der Waals surface area contributed by atoms with Crippen molar-refractivity contribution >= 4 is 22.6 Å². The molecule has 0 bridgehead atoms. The highest BCUT2D eigenvalue weighted by molar-refractivity contribution is 5.94. The van der Waals surface area contributed by atoms with Crippen molar-refractivity contribution in [2.24, 2.45) is 0 Å². The van der Waals surface area contributed by atoms with Crippen LogP contribution in [0.2, 0.25) is 0 Å². The number of imidazole rings is 1. The fourth-order valence-electron chi connectivity index (χ4n) is 2.27. The van der Waals surface area contributed by atoms with Gasteiger partial charge >= 0.3 is 0 Å². The van der Waals surface area contributed by atoms with Gasteiger partial charge in [-0.3, -0.25) is 4.79 Å². The van der Waals surface area contributed by atoms with Crippen LogP contribution in [0.1, 0.15) is 12.5 Å². The van der Waals surface area contributed by atoms with Crippen molar-refractivity contribution < 1.29 is 9.53 Å². The van der Waals surface area contributed by atoms with Crippen LogP contribution in [-0.2, 0) is 11.2 Å². The monoisotopic (exact) mass is 295 g/mol. The number of nitrogens with one attached hydrogen (secondary N) is 2. The number of anilines is 1. The summed E-state index contributed by atoms with van der Waals surface area (Å²) in [5, 5.41) is 2.89. The summed E-state index contributed by atoms with van der Waals surface area (Å²) in [6.07, 6.45) is 1.96. The molecule has 0 aliphatic rings. The van der Waals surface area contributed by atoms with Crippen LogP contribution >= 0.6 is 0 Å². The summed E-state index contributed by atoms with van der Waals surface area (Å²) in [4.78, 5) is 19.3. The third kappa shape index (κ3) is 3.25. The maximum atomic E-state index is 12.1. The van der Waals surface area contributed by atoms with Crippen LogP contribution in [0.3, 0.4) is 0 Å². The molecule has 0 atom stereocenters. The summed E-state index contributed by atoms with van der Waals surface area (Å²) >= 11 is 0. The zero-order valence-electron chi connectivity index (χ0n) is 12.3. The highest BCUT2D eigenvalue weighted by atomic mass is 16.5. The van der Waals surface area contributed by atoms with Gasteiger partial charge in [-0.25, -0.2) is 4.98 Å². The van der Waals surface area contributed by atoms with E-state index in [1.54, 1.807) is 6.33 Å². The number of fused-ring (bicyclic) bond motifs is 1. The second-order valence-electron chi connectivity index (χ2n) is 4.94. The predicted molar refractivity (Wildman–Crippen MR) is 86.0 cm³/mol. The van der Waals surface area contributed by atoms with E-state index in [0.717, 1.165) is 28.0 Å². The Morgan fingerprint density at radius 3 is 2.82 bits per heavy atom. The van der Waals surface area contributed by atoms with Gasteiger partial charge in [0.1, 0.15) is 5.75 Å². The lowest BCUT2D eigenvalue weighted by Gasteiger charge is -2.07. The molecule has 0 saturated carbocycles. The Labute approximate surface area is 128 Å². The number of carbonyl (C=O) groups excluding carboxylic acids is 1. The maximum Gasteiger partial charge on any atom is 0.228 e. The number of aromatic nitrogens is 2. The van der Waals surface area contributed by atoms with Crippen LogP contribution < -0.4 is 10.1 Å². The molecule has 3 aromatic rings. The summed E-state index contributed by atoms with van der Waals surface area (Å²) in [5.74, 6) is 0.763. The molecule has 2 N–H and O–H groups in total. The number of carbonyl (C=O) groups is 1. The average Bonchev–Trinajstić information content (AvgIpc) is 2.97. The van der Waals surface area contributed by atoms with Gasteiger partial charge in [0.15, 0.2) is 0 Å². The van der Waals surface area contributed by atoms with E-state index < -0.39 is 0 Å². The standard InChI is InChI=1S/C17H17N3O2/c1-2-22-14-6-3-12(4-7-14)9-17(21)20-13-5-8-15-16(10-13)19-11-18-15/h3-8,10-11H,2,9H2,1H3,(H,18,19)(H,20,21). The van der Waals surface area contributed by atoms with Gasteiger partial charge in [-0.1, -0.05) is 12.1 Å². The molecule has 0 aliphatic carbocycles. The van der Waals surface area contributed by atoms with Crippen molar-refractivity contribution in [2.45, 2.75) is 13.3 Å². The van der Waals surface area contributed by atoms with Crippen molar-refractivity contribution in [3.8, 4) is 5.75 Å². The highest BCUT2D eigenvalue weighted by Crippen LogP contribution is 2.17. The van der Waals surface area contributed by atoms with Crippen molar-refractivity contribution in [3.63, 3.8) is 0 Å². The van der Waals surface area contributed by atoms with E-state index >= 15 is 0 Å². The quantitative estimate of drug-likeness (QED) is 0.760. The number of hydrogen-bond donors (Lipinski definition) is 2. The Morgan fingerprint density at radius 1 is 1.23 bits per heavy atom. The lowest BCUT2D eigenvalue weighted by molar-refractivity contribution is -0.115. The van der Waals surface area contributed by atoms with E-state index in [9.17, 15) is 4.79 Å². The summed E-state index contributed by atoms with van der Waals surface area (Å²) in [6, 6.07) is 13.2. The van der Waals surface area contributed by atoms with Crippen LogP contribution in [0.4, 0.5) is 5.69 Å². The Kier molecular flexibility index (Phi) is 4.05. The van der Waals surface area contributed by atoms with Gasteiger partial charge in [-0.05, 0) is 42.8 Å². The number of H-pyrrole nitrogens is 1. The maximum absolute atomic E-state index is 12.1. The van der Waals surface area contributed by atoms with Gasteiger partial charge in [0.25, 0.3) is 0 Å². The Bertz CT molecular complexity index is 778. The molecule has 0 unspecified atom stereocenters. The summed E-state index contributed by atoms with van der Waals surface area (Å²) in [6.45, 7) is 2.58. The van der Waals surface area contributed by atoms with Crippen molar-refractivity contribution in [2.75, 3.05) is 11.9 Å². The van der Waals surface area contributed by atoms with Gasteiger partial charge in [-0.2, -0.15) is 0 Å². The number of nitrogens with zero attached hydrogens (tertiary/aromatic N) is 1. The Balaban J connectivity index is 1.63. The molecular weight excluding hydrogens is 278 g/mol. The second-order valence-corrected chi connectivity index (χ2v) is 4.94. The van der Waals surface area contributed by atoms with Crippen LogP contribution in [0.25, 0.3) is 11.0 Å². The minimum atomic E-state index is -0.0528. The summed E-state index contributed by atoms with van der Waals surface area (Å²) in [7, 11) is 0. The van der Waals surface area contributed by atoms with Gasteiger partial charge in [0.05, 0.1) is 30.4 Å². The first-order valence-corrected chi connectivity index (χ1v) is 7.19. The van der Waals surface area contributed by atoms with E-state index in [2.05, 4.69) is 15.3 Å². The number of rotatable bonds is 5. The molecule has 1 heterocycles. The number of amides is 1. The van der Waals surface area contributed by atoms with Crippen LogP contribution in [0.15, 0.2) is 48.8 Å². The molecular formula is C17H17N3O2. The summed E-state index contributed by atoms with van der Waals surface area (Å²) in [5.41, 5.74) is 3.49. The molecule has 5 heteroatoms. The van der Waals surface area contributed by atoms with Crippen LogP contribution in [0, 0.1) is 0 Å². The SMILES string of the molecule is CCOc1ccc(CC(=O)Nc2ccc3nc[nH]c3c2)cc1. The number of benzene rings is 2. The van der Waals surface area contributed by atoms with Crippen molar-refractivity contribution in [1.29, 1.82) is 0 Å². The predicted octanol–water partition coefficient (Wildman–Crippen LogP) is 3.14. The lowest BCUT2D eigenvalue weighted by atomic mass is 10.1. The molecule has 22 heavy (non-hydrogen) atoms. The third-order valence-corrected chi connectivity index (χ3v) is 3.30. The molecule has 3 rings (SSSR count). The highest BCUT2D eigenvalue weighted by Gasteiger charge is 2.06. The molecule has 1 amide bonds. The second kappa shape index (κ2) is 6.30. The molecule has 2 aromatic carbocycles. The van der Waals surface area contributed by atoms with Crippen LogP contribution in [-0.4, -0.2) is 22.5 Å². The summed E-state index contributed by atoms with van der Waals surface area (Å²) < 4.78 is 5.38.